The van der Waals surface area contributed by atoms with Gasteiger partial charge in [0.25, 0.3) is 5.76 Å². The Bertz CT molecular complexity index is 617. The van der Waals surface area contributed by atoms with Crippen molar-refractivity contribution in [2.75, 3.05) is 11.1 Å². The summed E-state index contributed by atoms with van der Waals surface area (Å²) < 4.78 is 24.9. The zero-order valence-corrected chi connectivity index (χ0v) is 11.9. The highest BCUT2D eigenvalue weighted by atomic mass is 32.2. The summed E-state index contributed by atoms with van der Waals surface area (Å²) in [6.07, 6.45) is 0.161. The van der Waals surface area contributed by atoms with Crippen LogP contribution >= 0.6 is 11.8 Å². The summed E-state index contributed by atoms with van der Waals surface area (Å²) in [6.45, 7) is 0. The second kappa shape index (κ2) is 7.08. The van der Waals surface area contributed by atoms with E-state index in [9.17, 15) is 13.6 Å². The van der Waals surface area contributed by atoms with Crippen LogP contribution in [-0.2, 0) is 11.2 Å². The maximum Gasteiger partial charge on any atom is 0.288 e. The Morgan fingerprint density at radius 3 is 2.48 bits per heavy atom. The predicted molar refractivity (Wildman–Crippen MR) is 81.5 cm³/mol. The first-order valence-electron chi connectivity index (χ1n) is 6.22. The SMILES string of the molecule is Nc1ccc(CC(=O)Nc2ccccc2SC(F)F)cc1. The van der Waals surface area contributed by atoms with E-state index in [1.807, 2.05) is 0 Å². The molecule has 0 atom stereocenters. The highest BCUT2D eigenvalue weighted by molar-refractivity contribution is 7.99. The van der Waals surface area contributed by atoms with Gasteiger partial charge in [0.2, 0.25) is 5.91 Å². The van der Waals surface area contributed by atoms with Crippen molar-refractivity contribution in [3.63, 3.8) is 0 Å². The molecule has 0 saturated heterocycles. The molecule has 0 heterocycles. The molecule has 2 rings (SSSR count). The van der Waals surface area contributed by atoms with Crippen LogP contribution in [0.5, 0.6) is 0 Å². The zero-order valence-electron chi connectivity index (χ0n) is 11.1. The van der Waals surface area contributed by atoms with Crippen LogP contribution in [0, 0.1) is 0 Å². The van der Waals surface area contributed by atoms with E-state index in [1.54, 1.807) is 48.5 Å². The maximum absolute atomic E-state index is 12.5. The van der Waals surface area contributed by atoms with Gasteiger partial charge in [-0.05, 0) is 29.8 Å². The summed E-state index contributed by atoms with van der Waals surface area (Å²) in [6, 6.07) is 13.4. The standard InChI is InChI=1S/C15H14F2N2OS/c16-15(17)21-13-4-2-1-3-12(13)19-14(20)9-10-5-7-11(18)8-6-10/h1-8,15H,9,18H2,(H,19,20). The van der Waals surface area contributed by atoms with E-state index in [0.717, 1.165) is 5.56 Å². The fourth-order valence-corrected chi connectivity index (χ4v) is 2.38. The molecule has 1 amide bonds. The van der Waals surface area contributed by atoms with Crippen LogP contribution in [0.1, 0.15) is 5.56 Å². The minimum atomic E-state index is -2.53. The number of nitrogen functional groups attached to an aromatic ring is 1. The van der Waals surface area contributed by atoms with Gasteiger partial charge in [-0.1, -0.05) is 36.0 Å². The summed E-state index contributed by atoms with van der Waals surface area (Å²) in [7, 11) is 0. The van der Waals surface area contributed by atoms with Gasteiger partial charge in [-0.15, -0.1) is 0 Å². The summed E-state index contributed by atoms with van der Waals surface area (Å²) in [5, 5.41) is 2.65. The Kier molecular flexibility index (Phi) is 5.16. The number of amides is 1. The van der Waals surface area contributed by atoms with Crippen molar-refractivity contribution >= 4 is 29.0 Å². The minimum Gasteiger partial charge on any atom is -0.399 e. The van der Waals surface area contributed by atoms with Crippen LogP contribution in [0.15, 0.2) is 53.4 Å². The van der Waals surface area contributed by atoms with Crippen LogP contribution in [0.25, 0.3) is 0 Å². The molecule has 0 spiro atoms. The second-order valence-electron chi connectivity index (χ2n) is 4.34. The fraction of sp³-hybridized carbons (Fsp3) is 0.133. The number of para-hydroxylation sites is 1. The molecular formula is C15H14F2N2OS. The number of alkyl halides is 2. The fourth-order valence-electron chi connectivity index (χ4n) is 1.78. The number of anilines is 2. The van der Waals surface area contributed by atoms with E-state index in [0.29, 0.717) is 28.0 Å². The number of nitrogens with two attached hydrogens (primary N) is 1. The molecule has 0 saturated carbocycles. The summed E-state index contributed by atoms with van der Waals surface area (Å²) in [5.74, 6) is -2.79. The normalized spacial score (nSPS) is 10.6. The van der Waals surface area contributed by atoms with Crippen LogP contribution in [0.3, 0.4) is 0 Å². The monoisotopic (exact) mass is 308 g/mol. The average Bonchev–Trinajstić information content (AvgIpc) is 2.43. The lowest BCUT2D eigenvalue weighted by molar-refractivity contribution is -0.115. The summed E-state index contributed by atoms with van der Waals surface area (Å²) in [5.41, 5.74) is 7.39. The molecule has 2 aromatic carbocycles. The molecule has 0 aliphatic rings. The molecule has 3 nitrogen and oxygen atoms in total. The molecule has 0 aliphatic heterocycles. The van der Waals surface area contributed by atoms with E-state index >= 15 is 0 Å². The van der Waals surface area contributed by atoms with Gasteiger partial charge in [0, 0.05) is 10.6 Å². The second-order valence-corrected chi connectivity index (χ2v) is 5.37. The lowest BCUT2D eigenvalue weighted by atomic mass is 10.1. The summed E-state index contributed by atoms with van der Waals surface area (Å²) >= 11 is 0.411. The zero-order chi connectivity index (χ0) is 15.2. The van der Waals surface area contributed by atoms with Gasteiger partial charge in [0.15, 0.2) is 0 Å². The Labute approximate surface area is 125 Å². The van der Waals surface area contributed by atoms with Crippen molar-refractivity contribution in [3.8, 4) is 0 Å². The van der Waals surface area contributed by atoms with Gasteiger partial charge in [-0.3, -0.25) is 4.79 Å². The number of nitrogens with one attached hydrogen (secondary N) is 1. The molecule has 110 valence electrons. The molecule has 21 heavy (non-hydrogen) atoms. The topological polar surface area (TPSA) is 55.1 Å². The summed E-state index contributed by atoms with van der Waals surface area (Å²) in [4.78, 5) is 12.3. The highest BCUT2D eigenvalue weighted by Gasteiger charge is 2.12. The first-order chi connectivity index (χ1) is 10.0. The van der Waals surface area contributed by atoms with Gasteiger partial charge in [-0.25, -0.2) is 0 Å². The first kappa shape index (κ1) is 15.3. The Morgan fingerprint density at radius 2 is 1.81 bits per heavy atom. The largest absolute Gasteiger partial charge is 0.399 e. The smallest absolute Gasteiger partial charge is 0.288 e. The molecule has 0 aliphatic carbocycles. The molecule has 0 unspecified atom stereocenters. The van der Waals surface area contributed by atoms with Crippen LogP contribution < -0.4 is 11.1 Å². The van der Waals surface area contributed by atoms with Crippen molar-refractivity contribution in [2.45, 2.75) is 17.1 Å². The van der Waals surface area contributed by atoms with Gasteiger partial charge < -0.3 is 11.1 Å². The third-order valence-electron chi connectivity index (χ3n) is 2.72. The van der Waals surface area contributed by atoms with Crippen LogP contribution in [-0.4, -0.2) is 11.7 Å². The molecule has 0 bridgehead atoms. The molecular weight excluding hydrogens is 294 g/mol. The van der Waals surface area contributed by atoms with Crippen molar-refractivity contribution in [2.24, 2.45) is 0 Å². The van der Waals surface area contributed by atoms with E-state index in [2.05, 4.69) is 5.32 Å². The number of benzene rings is 2. The van der Waals surface area contributed by atoms with Crippen molar-refractivity contribution < 1.29 is 13.6 Å². The Morgan fingerprint density at radius 1 is 1.14 bits per heavy atom. The van der Waals surface area contributed by atoms with Crippen molar-refractivity contribution in [1.82, 2.24) is 0 Å². The van der Waals surface area contributed by atoms with E-state index in [-0.39, 0.29) is 12.3 Å². The number of hydrogen-bond acceptors (Lipinski definition) is 3. The number of hydrogen-bond donors (Lipinski definition) is 2. The highest BCUT2D eigenvalue weighted by Crippen LogP contribution is 2.31. The minimum absolute atomic E-state index is 0.161. The maximum atomic E-state index is 12.5. The van der Waals surface area contributed by atoms with E-state index in [4.69, 9.17) is 5.73 Å². The van der Waals surface area contributed by atoms with Gasteiger partial charge in [0.1, 0.15) is 0 Å². The molecule has 2 aromatic rings. The molecule has 0 aromatic heterocycles. The average molecular weight is 308 g/mol. The Hall–Kier alpha value is -2.08. The van der Waals surface area contributed by atoms with E-state index < -0.39 is 5.76 Å². The van der Waals surface area contributed by atoms with Gasteiger partial charge in [0.05, 0.1) is 12.1 Å². The van der Waals surface area contributed by atoms with Gasteiger partial charge >= 0.3 is 0 Å². The number of thioether (sulfide) groups is 1. The molecule has 0 radical (unpaired) electrons. The molecule has 0 fully saturated rings. The predicted octanol–water partition coefficient (Wildman–Crippen LogP) is 3.76. The first-order valence-corrected chi connectivity index (χ1v) is 7.10. The lowest BCUT2D eigenvalue weighted by Gasteiger charge is -2.10. The van der Waals surface area contributed by atoms with Crippen molar-refractivity contribution in [1.29, 1.82) is 0 Å². The lowest BCUT2D eigenvalue weighted by Crippen LogP contribution is -2.15. The number of halogens is 2. The number of carbonyl (C=O) groups excluding carboxylic acids is 1. The number of carbonyl (C=O) groups is 1. The third kappa shape index (κ3) is 4.75. The number of rotatable bonds is 5. The molecule has 3 N–H and O–H groups in total. The molecule has 6 heteroatoms. The quantitative estimate of drug-likeness (QED) is 0.653. The van der Waals surface area contributed by atoms with Crippen LogP contribution in [0.2, 0.25) is 0 Å². The third-order valence-corrected chi connectivity index (χ3v) is 3.51. The van der Waals surface area contributed by atoms with Crippen molar-refractivity contribution in [3.05, 3.63) is 54.1 Å². The van der Waals surface area contributed by atoms with E-state index in [1.165, 1.54) is 0 Å². The Balaban J connectivity index is 2.04. The van der Waals surface area contributed by atoms with Crippen LogP contribution in [0.4, 0.5) is 20.2 Å². The van der Waals surface area contributed by atoms with Gasteiger partial charge in [-0.2, -0.15) is 8.78 Å².